The number of H-pyrrole nitrogens is 1. The third-order valence-corrected chi connectivity index (χ3v) is 7.39. The Bertz CT molecular complexity index is 1220. The molecule has 1 aliphatic heterocycles. The Labute approximate surface area is 185 Å². The Morgan fingerprint density at radius 1 is 1.09 bits per heavy atom. The number of sulfonamides is 1. The van der Waals surface area contributed by atoms with Crippen LogP contribution < -0.4 is 0 Å². The lowest BCUT2D eigenvalue weighted by Gasteiger charge is -2.34. The van der Waals surface area contributed by atoms with Gasteiger partial charge in [0.2, 0.25) is 15.9 Å². The van der Waals surface area contributed by atoms with Crippen LogP contribution in [0, 0.1) is 10.1 Å². The van der Waals surface area contributed by atoms with Crippen LogP contribution in [-0.4, -0.2) is 64.6 Å². The standard InChI is InChI=1S/C21H23N5O5S/c27-21(10-4-9-20-22-18-7-1-2-8-19(18)23-20)24-11-13-25(14-12-24)32(30,31)17-6-3-5-16(15-17)26(28)29/h1-3,5-8,15H,4,9-14H2,(H,22,23). The maximum atomic E-state index is 12.8. The van der Waals surface area contributed by atoms with Gasteiger partial charge < -0.3 is 9.88 Å². The van der Waals surface area contributed by atoms with E-state index in [-0.39, 0.29) is 42.7 Å². The minimum atomic E-state index is -3.85. The van der Waals surface area contributed by atoms with Crippen LogP contribution in [0.1, 0.15) is 18.7 Å². The first-order valence-electron chi connectivity index (χ1n) is 10.3. The van der Waals surface area contributed by atoms with Gasteiger partial charge in [0.05, 0.1) is 20.9 Å². The Hall–Kier alpha value is -3.31. The number of nitrogens with one attached hydrogen (secondary N) is 1. The number of benzene rings is 2. The van der Waals surface area contributed by atoms with E-state index in [1.807, 2.05) is 24.3 Å². The number of aromatic amines is 1. The molecule has 11 heteroatoms. The Morgan fingerprint density at radius 2 is 1.84 bits per heavy atom. The van der Waals surface area contributed by atoms with E-state index in [9.17, 15) is 23.3 Å². The molecule has 1 saturated heterocycles. The fraction of sp³-hybridized carbons (Fsp3) is 0.333. The van der Waals surface area contributed by atoms with E-state index in [1.54, 1.807) is 4.90 Å². The molecule has 168 valence electrons. The summed E-state index contributed by atoms with van der Waals surface area (Å²) < 4.78 is 26.9. The van der Waals surface area contributed by atoms with Crippen LogP contribution in [0.2, 0.25) is 0 Å². The number of fused-ring (bicyclic) bond motifs is 1. The number of aryl methyl sites for hydroxylation is 1. The molecule has 0 spiro atoms. The van der Waals surface area contributed by atoms with Gasteiger partial charge in [-0.3, -0.25) is 14.9 Å². The molecule has 0 atom stereocenters. The molecule has 0 bridgehead atoms. The number of aromatic nitrogens is 2. The van der Waals surface area contributed by atoms with E-state index in [1.165, 1.54) is 22.5 Å². The maximum Gasteiger partial charge on any atom is 0.270 e. The molecule has 0 aliphatic carbocycles. The van der Waals surface area contributed by atoms with Crippen molar-refractivity contribution in [3.63, 3.8) is 0 Å². The summed E-state index contributed by atoms with van der Waals surface area (Å²) in [5.41, 5.74) is 1.59. The highest BCUT2D eigenvalue weighted by molar-refractivity contribution is 7.89. The molecule has 1 fully saturated rings. The van der Waals surface area contributed by atoms with Gasteiger partial charge in [-0.05, 0) is 24.6 Å². The van der Waals surface area contributed by atoms with Crippen LogP contribution in [-0.2, 0) is 21.2 Å². The number of hydrogen-bond acceptors (Lipinski definition) is 6. The van der Waals surface area contributed by atoms with E-state index in [0.717, 1.165) is 22.9 Å². The first kappa shape index (κ1) is 21.9. The number of imidazole rings is 1. The number of hydrogen-bond donors (Lipinski definition) is 1. The first-order chi connectivity index (χ1) is 15.3. The summed E-state index contributed by atoms with van der Waals surface area (Å²) >= 11 is 0. The number of non-ortho nitro benzene ring substituents is 1. The smallest absolute Gasteiger partial charge is 0.270 e. The third-order valence-electron chi connectivity index (χ3n) is 5.50. The zero-order valence-electron chi connectivity index (χ0n) is 17.3. The van der Waals surface area contributed by atoms with Crippen LogP contribution in [0.25, 0.3) is 11.0 Å². The highest BCUT2D eigenvalue weighted by Gasteiger charge is 2.30. The molecule has 2 aromatic carbocycles. The van der Waals surface area contributed by atoms with Crippen molar-refractivity contribution in [2.45, 2.75) is 24.2 Å². The lowest BCUT2D eigenvalue weighted by atomic mass is 10.2. The number of amides is 1. The monoisotopic (exact) mass is 457 g/mol. The number of carbonyl (C=O) groups is 1. The van der Waals surface area contributed by atoms with Crippen molar-refractivity contribution in [3.8, 4) is 0 Å². The molecule has 10 nitrogen and oxygen atoms in total. The topological polar surface area (TPSA) is 130 Å². The second-order valence-electron chi connectivity index (χ2n) is 7.59. The average Bonchev–Trinajstić information content (AvgIpc) is 3.22. The summed E-state index contributed by atoms with van der Waals surface area (Å²) in [5.74, 6) is 0.820. The van der Waals surface area contributed by atoms with Gasteiger partial charge in [-0.15, -0.1) is 0 Å². The predicted molar refractivity (Wildman–Crippen MR) is 117 cm³/mol. The lowest BCUT2D eigenvalue weighted by Crippen LogP contribution is -2.50. The molecule has 2 heterocycles. The van der Waals surface area contributed by atoms with E-state index >= 15 is 0 Å². The average molecular weight is 458 g/mol. The Balaban J connectivity index is 1.29. The molecule has 1 amide bonds. The van der Waals surface area contributed by atoms with Gasteiger partial charge in [-0.2, -0.15) is 4.31 Å². The molecular formula is C21H23N5O5S. The molecule has 0 unspecified atom stereocenters. The fourth-order valence-corrected chi connectivity index (χ4v) is 5.24. The van der Waals surface area contributed by atoms with Gasteiger partial charge in [0.1, 0.15) is 5.82 Å². The number of nitro groups is 1. The lowest BCUT2D eigenvalue weighted by molar-refractivity contribution is -0.385. The number of nitro benzene ring substituents is 1. The van der Waals surface area contributed by atoms with Crippen LogP contribution in [0.3, 0.4) is 0 Å². The second-order valence-corrected chi connectivity index (χ2v) is 9.53. The summed E-state index contributed by atoms with van der Waals surface area (Å²) in [6.07, 6.45) is 1.65. The second kappa shape index (κ2) is 9.05. The van der Waals surface area contributed by atoms with Crippen LogP contribution in [0.5, 0.6) is 0 Å². The molecule has 32 heavy (non-hydrogen) atoms. The zero-order chi connectivity index (χ0) is 22.7. The van der Waals surface area contributed by atoms with Crippen LogP contribution in [0.4, 0.5) is 5.69 Å². The van der Waals surface area contributed by atoms with E-state index < -0.39 is 14.9 Å². The number of rotatable bonds is 7. The number of piperazine rings is 1. The minimum absolute atomic E-state index is 0.0199. The van der Waals surface area contributed by atoms with Crippen LogP contribution in [0.15, 0.2) is 53.4 Å². The van der Waals surface area contributed by atoms with Crippen molar-refractivity contribution in [3.05, 3.63) is 64.5 Å². The van der Waals surface area contributed by atoms with Gasteiger partial charge in [0.25, 0.3) is 5.69 Å². The summed E-state index contributed by atoms with van der Waals surface area (Å²) in [4.78, 5) is 32.2. The molecule has 1 N–H and O–H groups in total. The molecule has 4 rings (SSSR count). The molecule has 0 saturated carbocycles. The number of para-hydroxylation sites is 2. The zero-order valence-corrected chi connectivity index (χ0v) is 18.1. The Morgan fingerprint density at radius 3 is 2.56 bits per heavy atom. The van der Waals surface area contributed by atoms with E-state index in [4.69, 9.17) is 0 Å². The molecule has 1 aromatic heterocycles. The summed E-state index contributed by atoms with van der Waals surface area (Å²) in [6.45, 7) is 0.885. The summed E-state index contributed by atoms with van der Waals surface area (Å²) in [7, 11) is -3.85. The molecule has 0 radical (unpaired) electrons. The minimum Gasteiger partial charge on any atom is -0.342 e. The largest absolute Gasteiger partial charge is 0.342 e. The molecule has 3 aromatic rings. The SMILES string of the molecule is O=C(CCCc1nc2ccccc2[nH]1)N1CCN(S(=O)(=O)c2cccc([N+](=O)[O-])c2)CC1. The first-order valence-corrected chi connectivity index (χ1v) is 11.7. The third kappa shape index (κ3) is 4.63. The number of carbonyl (C=O) groups excluding carboxylic acids is 1. The quantitative estimate of drug-likeness (QED) is 0.428. The highest BCUT2D eigenvalue weighted by atomic mass is 32.2. The van der Waals surface area contributed by atoms with Gasteiger partial charge in [-0.1, -0.05) is 18.2 Å². The molecular weight excluding hydrogens is 434 g/mol. The normalized spacial score (nSPS) is 15.2. The highest BCUT2D eigenvalue weighted by Crippen LogP contribution is 2.22. The number of nitrogens with zero attached hydrogens (tertiary/aromatic N) is 4. The van der Waals surface area contributed by atoms with Crippen molar-refractivity contribution < 1.29 is 18.1 Å². The van der Waals surface area contributed by atoms with Crippen LogP contribution >= 0.6 is 0 Å². The summed E-state index contributed by atoms with van der Waals surface area (Å²) in [6, 6.07) is 12.8. The van der Waals surface area contributed by atoms with Crippen molar-refractivity contribution in [1.29, 1.82) is 0 Å². The van der Waals surface area contributed by atoms with E-state index in [0.29, 0.717) is 19.3 Å². The van der Waals surface area contributed by atoms with E-state index in [2.05, 4.69) is 9.97 Å². The Kier molecular flexibility index (Phi) is 6.19. The van der Waals surface area contributed by atoms with Crippen molar-refractivity contribution in [2.75, 3.05) is 26.2 Å². The van der Waals surface area contributed by atoms with Crippen molar-refractivity contribution in [1.82, 2.24) is 19.2 Å². The van der Waals surface area contributed by atoms with Gasteiger partial charge >= 0.3 is 0 Å². The summed E-state index contributed by atoms with van der Waals surface area (Å²) in [5, 5.41) is 10.9. The van der Waals surface area contributed by atoms with Gasteiger partial charge in [-0.25, -0.2) is 13.4 Å². The van der Waals surface area contributed by atoms with Gasteiger partial charge in [0.15, 0.2) is 0 Å². The van der Waals surface area contributed by atoms with Gasteiger partial charge in [0, 0.05) is 51.2 Å². The van der Waals surface area contributed by atoms with Crippen molar-refractivity contribution in [2.24, 2.45) is 0 Å². The van der Waals surface area contributed by atoms with Crippen molar-refractivity contribution >= 4 is 32.7 Å². The predicted octanol–water partition coefficient (Wildman–Crippen LogP) is 2.33. The maximum absolute atomic E-state index is 12.8. The fourth-order valence-electron chi connectivity index (χ4n) is 3.77. The molecule has 1 aliphatic rings.